The lowest BCUT2D eigenvalue weighted by molar-refractivity contribution is -0.152. The molecule has 0 bridgehead atoms. The number of nitrogen functional groups attached to an aromatic ring is 1. The second-order valence-corrected chi connectivity index (χ2v) is 10.1. The van der Waals surface area contributed by atoms with Crippen molar-refractivity contribution in [1.82, 2.24) is 24.8 Å². The first-order chi connectivity index (χ1) is 17.3. The molecule has 192 valence electrons. The number of thioether (sulfide) groups is 1. The predicted molar refractivity (Wildman–Crippen MR) is 135 cm³/mol. The zero-order valence-electron chi connectivity index (χ0n) is 20.1. The largest absolute Gasteiger partial charge is 0.461 e. The molecule has 0 aliphatic carbocycles. The summed E-state index contributed by atoms with van der Waals surface area (Å²) >= 11 is 2.62. The fraction of sp³-hybridized carbons (Fsp3) is 0.455. The number of thiazole rings is 1. The summed E-state index contributed by atoms with van der Waals surface area (Å²) in [6.45, 7) is 4.54. The number of anilines is 1. The molecule has 0 spiro atoms. The molecule has 0 aromatic carbocycles. The third-order valence-corrected chi connectivity index (χ3v) is 7.72. The van der Waals surface area contributed by atoms with E-state index in [4.69, 9.17) is 15.3 Å². The van der Waals surface area contributed by atoms with E-state index in [0.29, 0.717) is 12.3 Å². The molecule has 2 amide bonds. The van der Waals surface area contributed by atoms with E-state index in [9.17, 15) is 14.4 Å². The van der Waals surface area contributed by atoms with Gasteiger partial charge in [-0.2, -0.15) is 0 Å². The van der Waals surface area contributed by atoms with E-state index in [0.717, 1.165) is 35.6 Å². The summed E-state index contributed by atoms with van der Waals surface area (Å²) in [5.41, 5.74) is 6.82. The Balaban J connectivity index is 1.55. The number of aromatic nitrogens is 3. The van der Waals surface area contributed by atoms with E-state index in [-0.39, 0.29) is 28.8 Å². The fourth-order valence-corrected chi connectivity index (χ4v) is 5.73. The van der Waals surface area contributed by atoms with E-state index < -0.39 is 29.2 Å². The number of nitrogens with zero attached hydrogens (tertiary/aromatic N) is 5. The third kappa shape index (κ3) is 5.09. The second-order valence-electron chi connectivity index (χ2n) is 8.10. The van der Waals surface area contributed by atoms with Crippen molar-refractivity contribution >= 4 is 51.7 Å². The van der Waals surface area contributed by atoms with Gasteiger partial charge in [0.05, 0.1) is 6.61 Å². The first-order valence-corrected chi connectivity index (χ1v) is 13.2. The highest BCUT2D eigenvalue weighted by atomic mass is 32.2. The van der Waals surface area contributed by atoms with Crippen molar-refractivity contribution in [2.24, 2.45) is 5.16 Å². The minimum absolute atomic E-state index is 0.0940. The fourth-order valence-electron chi connectivity index (χ4n) is 3.85. The van der Waals surface area contributed by atoms with Crippen LogP contribution in [-0.2, 0) is 30.5 Å². The van der Waals surface area contributed by atoms with E-state index >= 15 is 0 Å². The number of nitrogens with one attached hydrogen (secondary N) is 1. The van der Waals surface area contributed by atoms with Gasteiger partial charge in [-0.05, 0) is 18.9 Å². The molecule has 36 heavy (non-hydrogen) atoms. The van der Waals surface area contributed by atoms with Gasteiger partial charge in [-0.1, -0.05) is 18.5 Å². The van der Waals surface area contributed by atoms with Crippen LogP contribution in [0.4, 0.5) is 5.13 Å². The van der Waals surface area contributed by atoms with Gasteiger partial charge in [0.1, 0.15) is 35.7 Å². The molecule has 0 radical (unpaired) electrons. The van der Waals surface area contributed by atoms with Crippen molar-refractivity contribution in [3.8, 4) is 0 Å². The van der Waals surface area contributed by atoms with Crippen LogP contribution in [0.15, 0.2) is 34.2 Å². The van der Waals surface area contributed by atoms with E-state index in [2.05, 4.69) is 20.4 Å². The first-order valence-electron chi connectivity index (χ1n) is 11.3. The lowest BCUT2D eigenvalue weighted by Gasteiger charge is -2.49. The molecule has 2 aromatic rings. The van der Waals surface area contributed by atoms with Crippen LogP contribution in [0.3, 0.4) is 0 Å². The number of hydrogen-bond acceptors (Lipinski definition) is 11. The summed E-state index contributed by atoms with van der Waals surface area (Å²) in [5.74, 6) is -0.299. The summed E-state index contributed by atoms with van der Waals surface area (Å²) in [6.07, 6.45) is 5.10. The lowest BCUT2D eigenvalue weighted by atomic mass is 10.0. The molecular weight excluding hydrogens is 506 g/mol. The van der Waals surface area contributed by atoms with E-state index in [1.165, 1.54) is 23.8 Å². The molecule has 3 N–H and O–H groups in total. The molecule has 4 heterocycles. The molecule has 0 saturated carbocycles. The Bertz CT molecular complexity index is 1220. The van der Waals surface area contributed by atoms with Gasteiger partial charge in [0.25, 0.3) is 11.8 Å². The van der Waals surface area contributed by atoms with Crippen LogP contribution in [0, 0.1) is 6.92 Å². The Kier molecular flexibility index (Phi) is 7.94. The molecule has 2 atom stereocenters. The van der Waals surface area contributed by atoms with E-state index in [1.54, 1.807) is 11.6 Å². The minimum Gasteiger partial charge on any atom is -0.461 e. The monoisotopic (exact) mass is 533 g/mol. The van der Waals surface area contributed by atoms with Gasteiger partial charge in [0, 0.05) is 30.1 Å². The van der Waals surface area contributed by atoms with Crippen molar-refractivity contribution in [1.29, 1.82) is 0 Å². The first kappa shape index (κ1) is 25.7. The Labute approximate surface area is 215 Å². The quantitative estimate of drug-likeness (QED) is 0.151. The number of oxime groups is 1. The number of unbranched alkanes of at least 4 members (excludes halogenated alkanes) is 1. The molecule has 4 rings (SSSR count). The van der Waals surface area contributed by atoms with Gasteiger partial charge in [-0.25, -0.2) is 14.8 Å². The van der Waals surface area contributed by atoms with Crippen molar-refractivity contribution in [3.05, 3.63) is 40.6 Å². The summed E-state index contributed by atoms with van der Waals surface area (Å²) in [6, 6.07) is -0.851. The minimum atomic E-state index is -0.851. The molecular formula is C22H27N7O5S2. The number of hydrogen-bond donors (Lipinski definition) is 2. The smallest absolute Gasteiger partial charge is 0.355 e. The highest BCUT2D eigenvalue weighted by molar-refractivity contribution is 8.00. The SMILES string of the molecule is CCCCOC(=O)C1=C(Cn2ccnc2C)CS[C@H]2C(NC(=O)C(=NOC)c3csc(N)n3)C(=O)N12. The van der Waals surface area contributed by atoms with Crippen LogP contribution in [0.25, 0.3) is 0 Å². The number of esters is 1. The third-order valence-electron chi connectivity index (χ3n) is 5.71. The highest BCUT2D eigenvalue weighted by Gasteiger charge is 2.54. The average molecular weight is 534 g/mol. The van der Waals surface area contributed by atoms with Gasteiger partial charge in [0.15, 0.2) is 10.8 Å². The molecule has 1 unspecified atom stereocenters. The number of carbonyl (C=O) groups is 3. The van der Waals surface area contributed by atoms with Crippen LogP contribution >= 0.6 is 23.1 Å². The van der Waals surface area contributed by atoms with Crippen molar-refractivity contribution < 1.29 is 24.0 Å². The van der Waals surface area contributed by atoms with Gasteiger partial charge in [-0.15, -0.1) is 23.1 Å². The molecule has 2 aliphatic heterocycles. The number of rotatable bonds is 10. The number of β-lactam (4-membered cyclic amide) rings is 1. The maximum Gasteiger partial charge on any atom is 0.355 e. The zero-order chi connectivity index (χ0) is 25.8. The molecule has 1 saturated heterocycles. The average Bonchev–Trinajstić information content (AvgIpc) is 3.48. The normalized spacial score (nSPS) is 19.6. The van der Waals surface area contributed by atoms with Gasteiger partial charge >= 0.3 is 5.97 Å². The van der Waals surface area contributed by atoms with Crippen LogP contribution in [-0.4, -0.2) is 73.8 Å². The number of imidazole rings is 1. The number of fused-ring (bicyclic) bond motifs is 1. The van der Waals surface area contributed by atoms with Crippen LogP contribution in [0.5, 0.6) is 0 Å². The Morgan fingerprint density at radius 2 is 2.19 bits per heavy atom. The molecule has 2 aliphatic rings. The Morgan fingerprint density at radius 3 is 2.83 bits per heavy atom. The molecule has 14 heteroatoms. The van der Waals surface area contributed by atoms with Crippen molar-refractivity contribution in [2.75, 3.05) is 25.2 Å². The van der Waals surface area contributed by atoms with E-state index in [1.807, 2.05) is 24.6 Å². The standard InChI is InChI=1S/C22H27N7O5S2/c1-4-5-8-34-21(32)17-13(9-28-7-6-24-12(28)2)10-35-20-16(19(31)29(17)20)26-18(30)15(27-33-3)14-11-36-22(23)25-14/h6-7,11,16,20H,4-5,8-10H2,1-3H3,(H2,23,25)(H,26,30)/t16?,20-/m0/s1. The number of nitrogens with two attached hydrogens (primary N) is 1. The van der Waals surface area contributed by atoms with Crippen molar-refractivity contribution in [2.45, 2.75) is 44.6 Å². The maximum atomic E-state index is 13.2. The van der Waals surface area contributed by atoms with Crippen LogP contribution in [0.2, 0.25) is 0 Å². The molecule has 12 nitrogen and oxygen atoms in total. The predicted octanol–water partition coefficient (Wildman–Crippen LogP) is 1.28. The van der Waals surface area contributed by atoms with Crippen LogP contribution < -0.4 is 11.1 Å². The van der Waals surface area contributed by atoms with Crippen LogP contribution in [0.1, 0.15) is 31.3 Å². The Hall–Kier alpha value is -3.39. The van der Waals surface area contributed by atoms with Gasteiger partial charge < -0.3 is 25.2 Å². The number of ether oxygens (including phenoxy) is 1. The maximum absolute atomic E-state index is 13.2. The molecule has 2 aromatic heterocycles. The topological polar surface area (TPSA) is 154 Å². The lowest BCUT2D eigenvalue weighted by Crippen LogP contribution is -2.71. The highest BCUT2D eigenvalue weighted by Crippen LogP contribution is 2.41. The summed E-state index contributed by atoms with van der Waals surface area (Å²) in [7, 11) is 1.31. The summed E-state index contributed by atoms with van der Waals surface area (Å²) in [4.78, 5) is 53.8. The van der Waals surface area contributed by atoms with Crippen molar-refractivity contribution in [3.63, 3.8) is 0 Å². The van der Waals surface area contributed by atoms with Gasteiger partial charge in [0.2, 0.25) is 0 Å². The number of carbonyl (C=O) groups excluding carboxylic acids is 3. The number of aryl methyl sites for hydroxylation is 1. The molecule has 1 fully saturated rings. The Morgan fingerprint density at radius 1 is 1.39 bits per heavy atom. The van der Waals surface area contributed by atoms with Gasteiger partial charge in [-0.3, -0.25) is 14.5 Å². The second kappa shape index (κ2) is 11.1. The number of amides is 2. The zero-order valence-corrected chi connectivity index (χ0v) is 21.7. The summed E-state index contributed by atoms with van der Waals surface area (Å²) in [5, 5.41) is 7.86. The summed E-state index contributed by atoms with van der Waals surface area (Å²) < 4.78 is 7.39.